The van der Waals surface area contributed by atoms with Crippen molar-refractivity contribution < 1.29 is 8.83 Å². The molecule has 5 heteroatoms. The smallest absolute Gasteiger partial charge is 0.236 e. The fraction of sp³-hybridized carbons (Fsp3) is 0. The third-order valence-corrected chi connectivity index (χ3v) is 10.3. The molecule has 0 aliphatic heterocycles. The summed E-state index contributed by atoms with van der Waals surface area (Å²) in [4.78, 5) is 10.7. The normalized spacial score (nSPS) is 12.8. The number of benzene rings is 7. The molecule has 0 saturated carbocycles. The second-order valence-electron chi connectivity index (χ2n) is 13.0. The van der Waals surface area contributed by atoms with Crippen LogP contribution in [0.2, 0.25) is 0 Å². The molecule has 1 aliphatic carbocycles. The highest BCUT2D eigenvalue weighted by Crippen LogP contribution is 2.43. The fourth-order valence-corrected chi connectivity index (χ4v) is 8.14. The maximum absolute atomic E-state index is 6.54. The predicted octanol–water partition coefficient (Wildman–Crippen LogP) is 11.8. The molecule has 0 saturated heterocycles. The number of fused-ring (bicyclic) bond motifs is 7. The van der Waals surface area contributed by atoms with Crippen LogP contribution in [0.1, 0.15) is 11.1 Å². The number of hydrogen-bond donors (Lipinski definition) is 0. The third-order valence-electron chi connectivity index (χ3n) is 10.3. The zero-order valence-electron chi connectivity index (χ0n) is 25.9. The molecule has 0 N–H and O–H groups in total. The maximum Gasteiger partial charge on any atom is 0.236 e. The molecule has 226 valence electrons. The van der Waals surface area contributed by atoms with E-state index in [0.717, 1.165) is 66.1 Å². The molecule has 0 amide bonds. The lowest BCUT2D eigenvalue weighted by Crippen LogP contribution is -2.03. The Morgan fingerprint density at radius 2 is 1.22 bits per heavy atom. The van der Waals surface area contributed by atoms with Crippen molar-refractivity contribution in [2.24, 2.45) is 0 Å². The van der Waals surface area contributed by atoms with Crippen molar-refractivity contribution in [2.75, 3.05) is 0 Å². The second-order valence-corrected chi connectivity index (χ2v) is 13.0. The van der Waals surface area contributed by atoms with Crippen LogP contribution in [0.3, 0.4) is 0 Å². The van der Waals surface area contributed by atoms with Gasteiger partial charge in [-0.1, -0.05) is 91.0 Å². The molecular formula is C44H23N3O2. The molecule has 1 aliphatic rings. The minimum atomic E-state index is 0.600. The number of aromatic nitrogens is 3. The summed E-state index contributed by atoms with van der Waals surface area (Å²) in [6.07, 6.45) is 4.46. The van der Waals surface area contributed by atoms with Gasteiger partial charge in [-0.3, -0.25) is 4.57 Å². The highest BCUT2D eigenvalue weighted by molar-refractivity contribution is 6.26. The van der Waals surface area contributed by atoms with E-state index in [4.69, 9.17) is 18.8 Å². The number of furan rings is 2. The minimum Gasteiger partial charge on any atom is -0.456 e. The van der Waals surface area contributed by atoms with Gasteiger partial charge in [0.05, 0.1) is 11.0 Å². The summed E-state index contributed by atoms with van der Waals surface area (Å²) in [5, 5.41) is 10.4. The first kappa shape index (κ1) is 25.4. The zero-order chi connectivity index (χ0) is 31.8. The van der Waals surface area contributed by atoms with Crippen molar-refractivity contribution in [3.63, 3.8) is 0 Å². The molecule has 12 rings (SSSR count). The van der Waals surface area contributed by atoms with Gasteiger partial charge in [-0.25, -0.2) is 9.97 Å². The van der Waals surface area contributed by atoms with Crippen LogP contribution in [0.25, 0.3) is 117 Å². The summed E-state index contributed by atoms with van der Waals surface area (Å²) >= 11 is 0. The van der Waals surface area contributed by atoms with Crippen LogP contribution in [0, 0.1) is 0 Å². The van der Waals surface area contributed by atoms with Crippen molar-refractivity contribution in [2.45, 2.75) is 0 Å². The van der Waals surface area contributed by atoms with Crippen LogP contribution >= 0.6 is 0 Å². The number of hydrogen-bond acceptors (Lipinski definition) is 4. The standard InChI is InChI=1S/C44H23N3O2/c1-2-8-28-22-37-32(21-27(28)7-1)30-19-17-29(23-36(30)48-37)41-43-42(31-12-3-4-14-35(31)49-43)46-44(45-41)47-33-13-6-11-26-16-15-24-9-5-10-25-18-20-34(47)40(38(24)25)39(26)33/h1-23H. The van der Waals surface area contributed by atoms with Crippen LogP contribution in [0.15, 0.2) is 136 Å². The van der Waals surface area contributed by atoms with E-state index >= 15 is 0 Å². The Labute approximate surface area is 277 Å². The van der Waals surface area contributed by atoms with E-state index in [2.05, 4.69) is 126 Å². The van der Waals surface area contributed by atoms with E-state index in [1.54, 1.807) is 0 Å². The van der Waals surface area contributed by atoms with E-state index in [9.17, 15) is 0 Å². The number of para-hydroxylation sites is 1. The molecule has 0 fully saturated rings. The van der Waals surface area contributed by atoms with Gasteiger partial charge < -0.3 is 8.83 Å². The van der Waals surface area contributed by atoms with Gasteiger partial charge in [-0.2, -0.15) is 0 Å². The van der Waals surface area contributed by atoms with Gasteiger partial charge in [0.1, 0.15) is 28.0 Å². The van der Waals surface area contributed by atoms with Crippen molar-refractivity contribution >= 4 is 99.5 Å². The quantitative estimate of drug-likeness (QED) is 0.192. The van der Waals surface area contributed by atoms with Gasteiger partial charge in [0.25, 0.3) is 0 Å². The van der Waals surface area contributed by atoms with Crippen LogP contribution in [0.4, 0.5) is 0 Å². The van der Waals surface area contributed by atoms with E-state index < -0.39 is 0 Å². The molecular weight excluding hydrogens is 603 g/mol. The third kappa shape index (κ3) is 3.33. The molecule has 7 aromatic carbocycles. The summed E-state index contributed by atoms with van der Waals surface area (Å²) in [6, 6.07) is 44.6. The average molecular weight is 626 g/mol. The molecule has 0 spiro atoms. The van der Waals surface area contributed by atoms with E-state index in [1.807, 2.05) is 18.2 Å². The Hall–Kier alpha value is -6.72. The minimum absolute atomic E-state index is 0.600. The van der Waals surface area contributed by atoms with Gasteiger partial charge in [0.15, 0.2) is 5.58 Å². The molecule has 4 heterocycles. The summed E-state index contributed by atoms with van der Waals surface area (Å²) in [5.41, 5.74) is 10.1. The van der Waals surface area contributed by atoms with Crippen LogP contribution in [-0.4, -0.2) is 14.5 Å². The molecule has 0 unspecified atom stereocenters. The molecule has 11 aromatic rings. The molecule has 0 bridgehead atoms. The maximum atomic E-state index is 6.54. The second kappa shape index (κ2) is 9.00. The van der Waals surface area contributed by atoms with E-state index in [0.29, 0.717) is 11.5 Å². The Morgan fingerprint density at radius 3 is 2.14 bits per heavy atom. The highest BCUT2D eigenvalue weighted by atomic mass is 16.3. The lowest BCUT2D eigenvalue weighted by Gasteiger charge is -2.10. The molecule has 5 nitrogen and oxygen atoms in total. The van der Waals surface area contributed by atoms with Gasteiger partial charge >= 0.3 is 0 Å². The lowest BCUT2D eigenvalue weighted by atomic mass is 10.00. The molecule has 0 atom stereocenters. The van der Waals surface area contributed by atoms with Gasteiger partial charge in [-0.05, 0) is 81.2 Å². The van der Waals surface area contributed by atoms with Crippen molar-refractivity contribution in [1.82, 2.24) is 14.5 Å². The monoisotopic (exact) mass is 625 g/mol. The Balaban J connectivity index is 1.18. The lowest BCUT2D eigenvalue weighted by molar-refractivity contribution is 0.666. The van der Waals surface area contributed by atoms with Gasteiger partial charge in [-0.15, -0.1) is 0 Å². The number of rotatable bonds is 2. The van der Waals surface area contributed by atoms with Crippen molar-refractivity contribution in [3.05, 3.63) is 139 Å². The Bertz CT molecular complexity index is 3280. The first-order chi connectivity index (χ1) is 24.3. The Kier molecular flexibility index (Phi) is 4.66. The van der Waals surface area contributed by atoms with E-state index in [-0.39, 0.29) is 0 Å². The largest absolute Gasteiger partial charge is 0.456 e. The van der Waals surface area contributed by atoms with Crippen LogP contribution in [-0.2, 0) is 0 Å². The fourth-order valence-electron chi connectivity index (χ4n) is 8.14. The summed E-state index contributed by atoms with van der Waals surface area (Å²) < 4.78 is 15.3. The summed E-state index contributed by atoms with van der Waals surface area (Å²) in [7, 11) is 0. The van der Waals surface area contributed by atoms with Crippen molar-refractivity contribution in [3.8, 4) is 17.2 Å². The summed E-state index contributed by atoms with van der Waals surface area (Å²) in [6.45, 7) is 0. The molecule has 4 aromatic heterocycles. The van der Waals surface area contributed by atoms with Crippen LogP contribution in [0.5, 0.6) is 0 Å². The highest BCUT2D eigenvalue weighted by Gasteiger charge is 2.24. The first-order valence-corrected chi connectivity index (χ1v) is 16.5. The first-order valence-electron chi connectivity index (χ1n) is 16.5. The van der Waals surface area contributed by atoms with E-state index in [1.165, 1.54) is 38.1 Å². The SMILES string of the molecule is C1=Cc2cccc3c2c2c4c1cccc4ccc2n3-c1nc(-c2ccc3c(c2)oc2cc4ccccc4cc23)c2oc3ccccc3c2n1. The van der Waals surface area contributed by atoms with Crippen molar-refractivity contribution in [1.29, 1.82) is 0 Å². The van der Waals surface area contributed by atoms with Crippen LogP contribution < -0.4 is 0 Å². The predicted molar refractivity (Wildman–Crippen MR) is 200 cm³/mol. The van der Waals surface area contributed by atoms with Gasteiger partial charge in [0.2, 0.25) is 5.95 Å². The average Bonchev–Trinajstić information content (AvgIpc) is 3.77. The topological polar surface area (TPSA) is 57.0 Å². The number of nitrogens with zero attached hydrogens (tertiary/aromatic N) is 3. The van der Waals surface area contributed by atoms with Gasteiger partial charge in [0, 0.05) is 32.5 Å². The molecule has 49 heavy (non-hydrogen) atoms. The Morgan fingerprint density at radius 1 is 0.469 bits per heavy atom. The molecule has 0 radical (unpaired) electrons. The zero-order valence-corrected chi connectivity index (χ0v) is 25.9. The summed E-state index contributed by atoms with van der Waals surface area (Å²) in [5.74, 6) is 0.600.